The van der Waals surface area contributed by atoms with E-state index in [9.17, 15) is 18.0 Å². The van der Waals surface area contributed by atoms with Crippen LogP contribution in [0.4, 0.5) is 24.5 Å². The Balaban J connectivity index is 0.000000230. The highest BCUT2D eigenvalue weighted by molar-refractivity contribution is 6.33. The van der Waals surface area contributed by atoms with Crippen LogP contribution in [0.2, 0.25) is 20.1 Å². The summed E-state index contributed by atoms with van der Waals surface area (Å²) in [6.07, 6.45) is -4.98. The van der Waals surface area contributed by atoms with Crippen molar-refractivity contribution in [2.24, 2.45) is 0 Å². The molecule has 0 aromatic heterocycles. The fourth-order valence-electron chi connectivity index (χ4n) is 3.10. The average molecular weight is 632 g/mol. The number of carbonyl (C=O) groups excluding carboxylic acids is 1. The molecule has 210 valence electrons. The first-order chi connectivity index (χ1) is 18.8. The maximum absolute atomic E-state index is 12.3. The predicted molar refractivity (Wildman–Crippen MR) is 155 cm³/mol. The zero-order valence-electron chi connectivity index (χ0n) is 20.9. The number of amides is 1. The number of nitrogens with two attached hydrogens (primary N) is 1. The number of rotatable bonds is 5. The van der Waals surface area contributed by atoms with Gasteiger partial charge in [0, 0.05) is 11.4 Å². The Morgan fingerprint density at radius 1 is 0.700 bits per heavy atom. The van der Waals surface area contributed by atoms with Crippen molar-refractivity contribution in [2.75, 3.05) is 11.1 Å². The van der Waals surface area contributed by atoms with Gasteiger partial charge in [0.25, 0.3) is 0 Å². The van der Waals surface area contributed by atoms with Crippen molar-refractivity contribution in [2.45, 2.75) is 20.0 Å². The Kier molecular flexibility index (Phi) is 10.4. The third-order valence-electron chi connectivity index (χ3n) is 5.22. The van der Waals surface area contributed by atoms with Crippen molar-refractivity contribution >= 4 is 63.7 Å². The van der Waals surface area contributed by atoms with Gasteiger partial charge >= 0.3 is 12.1 Å². The van der Waals surface area contributed by atoms with Crippen molar-refractivity contribution in [3.8, 4) is 23.0 Å². The fraction of sp³-hybridized carbons (Fsp3) is 0.107. The molecule has 0 unspecified atom stereocenters. The van der Waals surface area contributed by atoms with Crippen molar-refractivity contribution in [3.05, 3.63) is 104 Å². The molecule has 0 fully saturated rings. The van der Waals surface area contributed by atoms with Crippen LogP contribution in [-0.4, -0.2) is 12.1 Å². The summed E-state index contributed by atoms with van der Waals surface area (Å²) < 4.78 is 48.1. The van der Waals surface area contributed by atoms with Gasteiger partial charge < -0.3 is 20.5 Å². The molecule has 3 N–H and O–H groups in total. The first-order valence-electron chi connectivity index (χ1n) is 11.3. The van der Waals surface area contributed by atoms with E-state index in [1.54, 1.807) is 53.8 Å². The number of aryl methyl sites for hydroxylation is 2. The third kappa shape index (κ3) is 8.35. The molecule has 0 aliphatic heterocycles. The second kappa shape index (κ2) is 13.4. The minimum atomic E-state index is -4.98. The molecule has 0 aliphatic carbocycles. The van der Waals surface area contributed by atoms with E-state index in [1.165, 1.54) is 19.1 Å². The van der Waals surface area contributed by atoms with Gasteiger partial charge in [-0.25, -0.2) is 0 Å². The van der Waals surface area contributed by atoms with E-state index >= 15 is 0 Å². The summed E-state index contributed by atoms with van der Waals surface area (Å²) in [5.74, 6) is -0.395. The smallest absolute Gasteiger partial charge is 0.454 e. The van der Waals surface area contributed by atoms with E-state index in [1.807, 2.05) is 19.1 Å². The Morgan fingerprint density at radius 3 is 1.62 bits per heavy atom. The molecule has 0 bridgehead atoms. The molecule has 1 amide bonds. The highest BCUT2D eigenvalue weighted by Gasteiger charge is 2.39. The van der Waals surface area contributed by atoms with E-state index in [0.717, 1.165) is 5.56 Å². The molecule has 0 atom stereocenters. The lowest BCUT2D eigenvalue weighted by atomic mass is 10.2. The molecule has 0 heterocycles. The monoisotopic (exact) mass is 630 g/mol. The third-order valence-corrected chi connectivity index (χ3v) is 6.43. The number of benzene rings is 4. The summed E-state index contributed by atoms with van der Waals surface area (Å²) in [7, 11) is 0. The first kappa shape index (κ1) is 31.2. The van der Waals surface area contributed by atoms with E-state index < -0.39 is 12.1 Å². The van der Waals surface area contributed by atoms with Crippen LogP contribution < -0.4 is 20.5 Å². The number of hydrogen-bond acceptors (Lipinski definition) is 4. The van der Waals surface area contributed by atoms with Crippen molar-refractivity contribution in [1.82, 2.24) is 0 Å². The molecule has 5 nitrogen and oxygen atoms in total. The van der Waals surface area contributed by atoms with Crippen LogP contribution in [0.1, 0.15) is 11.1 Å². The number of nitrogens with one attached hydrogen (secondary N) is 1. The van der Waals surface area contributed by atoms with Crippen LogP contribution in [0, 0.1) is 13.8 Å². The Morgan fingerprint density at radius 2 is 1.15 bits per heavy atom. The van der Waals surface area contributed by atoms with Crippen molar-refractivity contribution in [3.63, 3.8) is 0 Å². The van der Waals surface area contributed by atoms with Crippen molar-refractivity contribution < 1.29 is 27.4 Å². The Hall–Kier alpha value is -3.30. The normalized spacial score (nSPS) is 10.8. The van der Waals surface area contributed by atoms with Gasteiger partial charge in [0.2, 0.25) is 0 Å². The summed E-state index contributed by atoms with van der Waals surface area (Å²) in [4.78, 5) is 11.0. The van der Waals surface area contributed by atoms with Crippen LogP contribution in [0.5, 0.6) is 23.0 Å². The fourth-order valence-corrected chi connectivity index (χ4v) is 3.86. The SMILES string of the molecule is Cc1cc(Oc2ccccc2Cl)c(Cl)cc1N.Cc1cc(Oc2ccccc2Cl)c(Cl)cc1NC(=O)C(F)(F)F. The number of alkyl halides is 3. The van der Waals surface area contributed by atoms with Crippen LogP contribution >= 0.6 is 46.4 Å². The number of hydrogen-bond donors (Lipinski definition) is 2. The number of halogens is 7. The van der Waals surface area contributed by atoms with Crippen molar-refractivity contribution in [1.29, 1.82) is 0 Å². The maximum Gasteiger partial charge on any atom is 0.471 e. The second-order valence-corrected chi connectivity index (χ2v) is 9.88. The highest BCUT2D eigenvalue weighted by Crippen LogP contribution is 2.37. The summed E-state index contributed by atoms with van der Waals surface area (Å²) in [6, 6.07) is 20.0. The van der Waals surface area contributed by atoms with E-state index in [2.05, 4.69) is 0 Å². The first-order valence-corrected chi connectivity index (χ1v) is 12.9. The predicted octanol–water partition coefficient (Wildman–Crippen LogP) is 10.3. The molecular weight excluding hydrogens is 611 g/mol. The van der Waals surface area contributed by atoms with E-state index in [0.29, 0.717) is 43.6 Å². The zero-order chi connectivity index (χ0) is 29.6. The zero-order valence-corrected chi connectivity index (χ0v) is 23.9. The lowest BCUT2D eigenvalue weighted by molar-refractivity contribution is -0.167. The molecule has 0 spiro atoms. The van der Waals surface area contributed by atoms with Crippen LogP contribution in [0.25, 0.3) is 0 Å². The number of ether oxygens (including phenoxy) is 2. The lowest BCUT2D eigenvalue weighted by Crippen LogP contribution is -2.30. The van der Waals surface area contributed by atoms with Gasteiger partial charge in [0.15, 0.2) is 0 Å². The number of para-hydroxylation sites is 2. The quantitative estimate of drug-likeness (QED) is 0.215. The average Bonchev–Trinajstić information content (AvgIpc) is 2.88. The highest BCUT2D eigenvalue weighted by atomic mass is 35.5. The van der Waals surface area contributed by atoms with Gasteiger partial charge in [-0.1, -0.05) is 70.7 Å². The number of anilines is 2. The number of nitrogen functional groups attached to an aromatic ring is 1. The maximum atomic E-state index is 12.3. The summed E-state index contributed by atoms with van der Waals surface area (Å²) in [6.45, 7) is 3.41. The van der Waals surface area contributed by atoms with Crippen LogP contribution in [0.3, 0.4) is 0 Å². The molecule has 4 aromatic carbocycles. The topological polar surface area (TPSA) is 73.6 Å². The molecule has 12 heteroatoms. The van der Waals surface area contributed by atoms with Gasteiger partial charge in [0.1, 0.15) is 23.0 Å². The summed E-state index contributed by atoms with van der Waals surface area (Å²) >= 11 is 24.0. The van der Waals surface area contributed by atoms with E-state index in [-0.39, 0.29) is 16.5 Å². The molecule has 0 aliphatic rings. The Bertz CT molecular complexity index is 1530. The van der Waals surface area contributed by atoms with Gasteiger partial charge in [-0.05, 0) is 73.5 Å². The molecule has 0 radical (unpaired) electrons. The molecule has 0 saturated heterocycles. The minimum Gasteiger partial charge on any atom is -0.454 e. The van der Waals surface area contributed by atoms with Gasteiger partial charge in [-0.15, -0.1) is 0 Å². The molecular formula is C28H21Cl4F3N2O3. The molecule has 0 saturated carbocycles. The second-order valence-electron chi connectivity index (χ2n) is 8.25. The number of carbonyl (C=O) groups is 1. The Labute approximate surface area is 248 Å². The van der Waals surface area contributed by atoms with Crippen LogP contribution in [0.15, 0.2) is 72.8 Å². The lowest BCUT2D eigenvalue weighted by Gasteiger charge is -2.14. The van der Waals surface area contributed by atoms with E-state index in [4.69, 9.17) is 61.6 Å². The molecule has 4 rings (SSSR count). The summed E-state index contributed by atoms with van der Waals surface area (Å²) in [5, 5.41) is 3.16. The van der Waals surface area contributed by atoms with Gasteiger partial charge in [-0.2, -0.15) is 13.2 Å². The van der Waals surface area contributed by atoms with Crippen LogP contribution in [-0.2, 0) is 4.79 Å². The molecule has 4 aromatic rings. The summed E-state index contributed by atoms with van der Waals surface area (Å²) in [5.41, 5.74) is 7.60. The largest absolute Gasteiger partial charge is 0.471 e. The van der Waals surface area contributed by atoms with Gasteiger partial charge in [-0.3, -0.25) is 4.79 Å². The standard InChI is InChI=1S/C15H10Cl2F3NO2.C13H11Cl2NO/c1-8-6-13(23-12-5-3-2-4-9(12)16)10(17)7-11(8)21-14(22)15(18,19)20;1-8-6-13(10(15)7-11(8)16)17-12-5-3-2-4-9(12)14/h2-7H,1H3,(H,21,22);2-7H,16H2,1H3. The van der Waals surface area contributed by atoms with Gasteiger partial charge in [0.05, 0.1) is 20.1 Å². The minimum absolute atomic E-state index is 0.0352. The molecule has 40 heavy (non-hydrogen) atoms.